The van der Waals surface area contributed by atoms with E-state index in [0.717, 1.165) is 0 Å². The Kier molecular flexibility index (Phi) is 3.05. The summed E-state index contributed by atoms with van der Waals surface area (Å²) in [5.74, 6) is 5.93. The van der Waals surface area contributed by atoms with Crippen LogP contribution in [0.1, 0.15) is 12.1 Å². The topological polar surface area (TPSA) is 77.8 Å². The molecule has 0 bridgehead atoms. The Hall–Kier alpha value is -1.60. The number of aromatic nitrogens is 2. The number of nitrogen functional groups attached to an aromatic ring is 1. The zero-order chi connectivity index (χ0) is 8.81. The minimum absolute atomic E-state index is 0.245. The van der Waals surface area contributed by atoms with Gasteiger partial charge in [0.1, 0.15) is 5.69 Å². The van der Waals surface area contributed by atoms with Gasteiger partial charge in [-0.25, -0.2) is 9.97 Å². The van der Waals surface area contributed by atoms with Gasteiger partial charge >= 0.3 is 0 Å². The number of nitrogens with zero attached hydrogens (tertiary/aromatic N) is 2. The van der Waals surface area contributed by atoms with Crippen LogP contribution in [-0.4, -0.2) is 16.5 Å². The largest absolute Gasteiger partial charge is 0.368 e. The van der Waals surface area contributed by atoms with E-state index in [1.165, 1.54) is 0 Å². The number of hydrogen-bond acceptors (Lipinski definition) is 4. The van der Waals surface area contributed by atoms with Crippen molar-refractivity contribution in [1.29, 1.82) is 0 Å². The maximum absolute atomic E-state index is 5.35. The summed E-state index contributed by atoms with van der Waals surface area (Å²) in [4.78, 5) is 7.64. The zero-order valence-corrected chi connectivity index (χ0v) is 6.62. The average molecular weight is 162 g/mol. The number of anilines is 1. The molecule has 0 amide bonds. The number of rotatable bonds is 1. The van der Waals surface area contributed by atoms with Gasteiger partial charge in [-0.05, 0) is 12.0 Å². The lowest BCUT2D eigenvalue weighted by atomic mass is 10.3. The molecule has 0 saturated heterocycles. The Labute approximate surface area is 71.0 Å². The van der Waals surface area contributed by atoms with Gasteiger partial charge < -0.3 is 11.5 Å². The summed E-state index contributed by atoms with van der Waals surface area (Å²) in [6, 6.07) is 1.71. The van der Waals surface area contributed by atoms with Crippen LogP contribution in [0.25, 0.3) is 0 Å². The van der Waals surface area contributed by atoms with E-state index in [4.69, 9.17) is 11.5 Å². The van der Waals surface area contributed by atoms with E-state index in [2.05, 4.69) is 21.8 Å². The number of hydrogen-bond donors (Lipinski definition) is 2. The highest BCUT2D eigenvalue weighted by molar-refractivity contribution is 5.30. The molecule has 0 fully saturated rings. The monoisotopic (exact) mass is 162 g/mol. The SMILES string of the molecule is NCCC#Cc1ccnc(N)n1. The van der Waals surface area contributed by atoms with Crippen LogP contribution in [0.2, 0.25) is 0 Å². The standard InChI is InChI=1S/C8H10N4/c9-5-2-1-3-7-4-6-11-8(10)12-7/h4,6H,2,5,9H2,(H2,10,11,12). The molecule has 1 aromatic rings. The molecule has 1 rings (SSSR count). The second-order valence-corrected chi connectivity index (χ2v) is 2.14. The summed E-state index contributed by atoms with van der Waals surface area (Å²) in [6.07, 6.45) is 2.25. The van der Waals surface area contributed by atoms with Gasteiger partial charge in [0.2, 0.25) is 5.95 Å². The lowest BCUT2D eigenvalue weighted by Crippen LogP contribution is -1.97. The first-order chi connectivity index (χ1) is 5.83. The zero-order valence-electron chi connectivity index (χ0n) is 6.62. The van der Waals surface area contributed by atoms with Gasteiger partial charge in [0, 0.05) is 19.2 Å². The van der Waals surface area contributed by atoms with Crippen molar-refractivity contribution in [2.75, 3.05) is 12.3 Å². The lowest BCUT2D eigenvalue weighted by molar-refractivity contribution is 1.03. The third-order valence-corrected chi connectivity index (χ3v) is 1.16. The van der Waals surface area contributed by atoms with E-state index >= 15 is 0 Å². The average Bonchev–Trinajstić information content (AvgIpc) is 2.05. The van der Waals surface area contributed by atoms with Gasteiger partial charge in [0.15, 0.2) is 0 Å². The highest BCUT2D eigenvalue weighted by atomic mass is 15.0. The molecule has 4 N–H and O–H groups in total. The molecule has 1 aromatic heterocycles. The van der Waals surface area contributed by atoms with Crippen molar-refractivity contribution in [3.8, 4) is 11.8 Å². The predicted molar refractivity (Wildman–Crippen MR) is 47.0 cm³/mol. The van der Waals surface area contributed by atoms with Crippen molar-refractivity contribution in [2.45, 2.75) is 6.42 Å². The molecule has 0 unspecified atom stereocenters. The molecule has 0 saturated carbocycles. The first-order valence-corrected chi connectivity index (χ1v) is 3.60. The quantitative estimate of drug-likeness (QED) is 0.558. The molecule has 0 aliphatic rings. The van der Waals surface area contributed by atoms with Gasteiger partial charge in [-0.3, -0.25) is 0 Å². The van der Waals surface area contributed by atoms with Crippen molar-refractivity contribution in [1.82, 2.24) is 9.97 Å². The van der Waals surface area contributed by atoms with Crippen LogP contribution in [0.5, 0.6) is 0 Å². The van der Waals surface area contributed by atoms with Gasteiger partial charge in [-0.15, -0.1) is 0 Å². The summed E-state index contributed by atoms with van der Waals surface area (Å²) >= 11 is 0. The number of nitrogens with two attached hydrogens (primary N) is 2. The van der Waals surface area contributed by atoms with Gasteiger partial charge in [-0.2, -0.15) is 0 Å². The first-order valence-electron chi connectivity index (χ1n) is 3.60. The molecule has 0 aromatic carbocycles. The maximum atomic E-state index is 5.35. The Morgan fingerprint density at radius 1 is 1.50 bits per heavy atom. The van der Waals surface area contributed by atoms with Crippen molar-refractivity contribution in [3.05, 3.63) is 18.0 Å². The second kappa shape index (κ2) is 4.31. The molecule has 0 radical (unpaired) electrons. The molecule has 4 nitrogen and oxygen atoms in total. The summed E-state index contributed by atoms with van der Waals surface area (Å²) in [5, 5.41) is 0. The Bertz CT molecular complexity index is 310. The fourth-order valence-corrected chi connectivity index (χ4v) is 0.669. The minimum Gasteiger partial charge on any atom is -0.368 e. The predicted octanol–water partition coefficient (Wildman–Crippen LogP) is -0.241. The van der Waals surface area contributed by atoms with E-state index < -0.39 is 0 Å². The fraction of sp³-hybridized carbons (Fsp3) is 0.250. The van der Waals surface area contributed by atoms with Crippen molar-refractivity contribution < 1.29 is 0 Å². The highest BCUT2D eigenvalue weighted by Crippen LogP contribution is 1.93. The van der Waals surface area contributed by atoms with Crippen LogP contribution in [0.3, 0.4) is 0 Å². The van der Waals surface area contributed by atoms with Crippen molar-refractivity contribution >= 4 is 5.95 Å². The fourth-order valence-electron chi connectivity index (χ4n) is 0.669. The minimum atomic E-state index is 0.245. The molecular weight excluding hydrogens is 152 g/mol. The smallest absolute Gasteiger partial charge is 0.221 e. The highest BCUT2D eigenvalue weighted by Gasteiger charge is 1.88. The van der Waals surface area contributed by atoms with Gasteiger partial charge in [0.25, 0.3) is 0 Å². The molecule has 4 heteroatoms. The molecule has 0 aliphatic carbocycles. The summed E-state index contributed by atoms with van der Waals surface area (Å²) in [6.45, 7) is 0.563. The van der Waals surface area contributed by atoms with Gasteiger partial charge in [0.05, 0.1) is 0 Å². The van der Waals surface area contributed by atoms with Crippen LogP contribution >= 0.6 is 0 Å². The molecule has 62 valence electrons. The molecular formula is C8H10N4. The van der Waals surface area contributed by atoms with Crippen LogP contribution in [0, 0.1) is 11.8 Å². The van der Waals surface area contributed by atoms with Crippen LogP contribution in [-0.2, 0) is 0 Å². The van der Waals surface area contributed by atoms with Crippen LogP contribution in [0.4, 0.5) is 5.95 Å². The summed E-state index contributed by atoms with van der Waals surface area (Å²) in [7, 11) is 0. The van der Waals surface area contributed by atoms with E-state index in [1.807, 2.05) is 0 Å². The Morgan fingerprint density at radius 2 is 2.33 bits per heavy atom. The maximum Gasteiger partial charge on any atom is 0.221 e. The normalized spacial score (nSPS) is 8.75. The van der Waals surface area contributed by atoms with Crippen LogP contribution in [0.15, 0.2) is 12.3 Å². The van der Waals surface area contributed by atoms with E-state index in [-0.39, 0.29) is 5.95 Å². The summed E-state index contributed by atoms with van der Waals surface area (Å²) < 4.78 is 0. The molecule has 0 spiro atoms. The Morgan fingerprint density at radius 3 is 3.00 bits per heavy atom. The van der Waals surface area contributed by atoms with E-state index in [1.54, 1.807) is 12.3 Å². The van der Waals surface area contributed by atoms with E-state index in [9.17, 15) is 0 Å². The lowest BCUT2D eigenvalue weighted by Gasteiger charge is -1.90. The van der Waals surface area contributed by atoms with Crippen molar-refractivity contribution in [2.24, 2.45) is 5.73 Å². The molecule has 0 aliphatic heterocycles. The first kappa shape index (κ1) is 8.50. The second-order valence-electron chi connectivity index (χ2n) is 2.14. The van der Waals surface area contributed by atoms with E-state index in [0.29, 0.717) is 18.7 Å². The Balaban J connectivity index is 2.71. The van der Waals surface area contributed by atoms with Crippen LogP contribution < -0.4 is 11.5 Å². The summed E-state index contributed by atoms with van der Waals surface area (Å²) in [5.41, 5.74) is 11.2. The molecule has 0 atom stereocenters. The van der Waals surface area contributed by atoms with Gasteiger partial charge in [-0.1, -0.05) is 5.92 Å². The van der Waals surface area contributed by atoms with Crippen molar-refractivity contribution in [3.63, 3.8) is 0 Å². The third kappa shape index (κ3) is 2.56. The molecule has 12 heavy (non-hydrogen) atoms. The molecule has 1 heterocycles. The third-order valence-electron chi connectivity index (χ3n) is 1.16.